The molecule has 0 N–H and O–H groups in total. The summed E-state index contributed by atoms with van der Waals surface area (Å²) in [7, 11) is 0. The smallest absolute Gasteiger partial charge is 0.221 e. The summed E-state index contributed by atoms with van der Waals surface area (Å²) in [6, 6.07) is -0.451. The van der Waals surface area contributed by atoms with E-state index in [1.807, 2.05) is 0 Å². The Labute approximate surface area is 87.0 Å². The maximum Gasteiger partial charge on any atom is 0.221 e. The minimum atomic E-state index is -0.873. The molecule has 1 heterocycles. The predicted molar refractivity (Wildman–Crippen MR) is 53.9 cm³/mol. The summed E-state index contributed by atoms with van der Waals surface area (Å²) in [4.78, 5) is 34.0. The van der Waals surface area contributed by atoms with Crippen LogP contribution in [0.5, 0.6) is 0 Å². The molecule has 0 aromatic rings. The van der Waals surface area contributed by atoms with Crippen LogP contribution in [0.25, 0.3) is 0 Å². The molecule has 0 aromatic carbocycles. The molecule has 0 aromatic heterocycles. The molecule has 0 bridgehead atoms. The largest absolute Gasteiger partial charge is 0.311 e. The first kappa shape index (κ1) is 11.2. The van der Waals surface area contributed by atoms with Gasteiger partial charge in [0.05, 0.1) is 0 Å². The van der Waals surface area contributed by atoms with Gasteiger partial charge in [0.15, 0.2) is 12.1 Å². The third-order valence-corrected chi connectivity index (χ3v) is 3.71. The summed E-state index contributed by atoms with van der Waals surface area (Å²) < 4.78 is 0. The number of carbonyl (C=O) groups excluding carboxylic acids is 3. The Balaban J connectivity index is 3.02. The quantitative estimate of drug-likeness (QED) is 0.628. The van der Waals surface area contributed by atoms with E-state index in [-0.39, 0.29) is 11.7 Å². The molecule has 1 saturated heterocycles. The number of hydrogen-bond donors (Lipinski definition) is 0. The fraction of sp³-hybridized carbons (Fsp3) is 0.667. The van der Waals surface area contributed by atoms with Crippen molar-refractivity contribution in [3.8, 4) is 0 Å². The molecule has 78 valence electrons. The molecule has 1 rings (SSSR count). The SMILES string of the molecule is CC(=O)C1CSC(C)(C=O)N1C(C)=O. The van der Waals surface area contributed by atoms with Gasteiger partial charge in [-0.2, -0.15) is 0 Å². The first-order valence-corrected chi connectivity index (χ1v) is 5.31. The van der Waals surface area contributed by atoms with Crippen molar-refractivity contribution in [3.63, 3.8) is 0 Å². The first-order valence-electron chi connectivity index (χ1n) is 4.33. The Kier molecular flexibility index (Phi) is 2.99. The van der Waals surface area contributed by atoms with Gasteiger partial charge in [0.2, 0.25) is 5.91 Å². The molecule has 0 spiro atoms. The number of aldehydes is 1. The molecular formula is C9H13NO3S. The van der Waals surface area contributed by atoms with E-state index >= 15 is 0 Å². The third-order valence-electron chi connectivity index (χ3n) is 2.35. The average Bonchev–Trinajstić information content (AvgIpc) is 2.44. The molecule has 1 aliphatic heterocycles. The lowest BCUT2D eigenvalue weighted by atomic mass is 10.1. The second-order valence-corrected chi connectivity index (χ2v) is 4.95. The molecule has 5 heteroatoms. The van der Waals surface area contributed by atoms with Crippen LogP contribution in [0, 0.1) is 0 Å². The van der Waals surface area contributed by atoms with E-state index in [9.17, 15) is 14.4 Å². The van der Waals surface area contributed by atoms with Crippen LogP contribution < -0.4 is 0 Å². The van der Waals surface area contributed by atoms with Crippen LogP contribution in [-0.4, -0.2) is 39.5 Å². The standard InChI is InChI=1S/C9H13NO3S/c1-6(12)8-4-14-9(3,5-11)10(8)7(2)13/h5,8H,4H2,1-3H3. The van der Waals surface area contributed by atoms with Crippen molar-refractivity contribution in [2.45, 2.75) is 31.7 Å². The summed E-state index contributed by atoms with van der Waals surface area (Å²) in [6.07, 6.45) is 0.724. The van der Waals surface area contributed by atoms with E-state index in [2.05, 4.69) is 0 Å². The number of hydrogen-bond acceptors (Lipinski definition) is 4. The molecule has 0 aliphatic carbocycles. The highest BCUT2D eigenvalue weighted by Gasteiger charge is 2.46. The van der Waals surface area contributed by atoms with Gasteiger partial charge < -0.3 is 4.90 Å². The molecular weight excluding hydrogens is 202 g/mol. The summed E-state index contributed by atoms with van der Waals surface area (Å²) in [5, 5.41) is 0. The van der Waals surface area contributed by atoms with Crippen LogP contribution in [0.15, 0.2) is 0 Å². The van der Waals surface area contributed by atoms with Crippen molar-refractivity contribution in [2.24, 2.45) is 0 Å². The summed E-state index contributed by atoms with van der Waals surface area (Å²) in [6.45, 7) is 4.48. The van der Waals surface area contributed by atoms with Crippen molar-refractivity contribution in [2.75, 3.05) is 5.75 Å². The zero-order valence-electron chi connectivity index (χ0n) is 8.44. The Hall–Kier alpha value is -0.840. The van der Waals surface area contributed by atoms with Crippen LogP contribution in [0.1, 0.15) is 20.8 Å². The molecule has 0 radical (unpaired) electrons. The van der Waals surface area contributed by atoms with Crippen molar-refractivity contribution >= 4 is 29.7 Å². The van der Waals surface area contributed by atoms with Crippen LogP contribution >= 0.6 is 11.8 Å². The van der Waals surface area contributed by atoms with Crippen molar-refractivity contribution in [1.82, 2.24) is 4.90 Å². The fourth-order valence-electron chi connectivity index (χ4n) is 1.62. The molecule has 14 heavy (non-hydrogen) atoms. The van der Waals surface area contributed by atoms with Crippen LogP contribution in [0.2, 0.25) is 0 Å². The predicted octanol–water partition coefficient (Wildman–Crippen LogP) is 0.454. The van der Waals surface area contributed by atoms with E-state index in [0.29, 0.717) is 5.75 Å². The lowest BCUT2D eigenvalue weighted by Gasteiger charge is -2.31. The highest BCUT2D eigenvalue weighted by molar-refractivity contribution is 8.01. The Bertz CT molecular complexity index is 292. The molecule has 0 saturated carbocycles. The maximum atomic E-state index is 11.3. The van der Waals surface area contributed by atoms with Crippen LogP contribution in [-0.2, 0) is 14.4 Å². The highest BCUT2D eigenvalue weighted by Crippen LogP contribution is 2.37. The van der Waals surface area contributed by atoms with Crippen LogP contribution in [0.3, 0.4) is 0 Å². The second-order valence-electron chi connectivity index (χ2n) is 3.50. The number of nitrogens with zero attached hydrogens (tertiary/aromatic N) is 1. The minimum absolute atomic E-state index is 0.0710. The zero-order valence-corrected chi connectivity index (χ0v) is 9.26. The fourth-order valence-corrected chi connectivity index (χ4v) is 2.97. The Morgan fingerprint density at radius 2 is 2.07 bits per heavy atom. The monoisotopic (exact) mass is 215 g/mol. The molecule has 4 nitrogen and oxygen atoms in total. The van der Waals surface area contributed by atoms with E-state index in [4.69, 9.17) is 0 Å². The number of Topliss-reactive ketones (excluding diaryl/α,β-unsaturated/α-hetero) is 1. The topological polar surface area (TPSA) is 54.5 Å². The molecule has 1 fully saturated rings. The number of ketones is 1. The van der Waals surface area contributed by atoms with E-state index in [1.54, 1.807) is 6.92 Å². The first-order chi connectivity index (χ1) is 6.42. The van der Waals surface area contributed by atoms with Gasteiger partial charge in [-0.15, -0.1) is 11.8 Å². The zero-order chi connectivity index (χ0) is 10.9. The summed E-state index contributed by atoms with van der Waals surface area (Å²) in [5.41, 5.74) is 0. The number of carbonyl (C=O) groups is 3. The Morgan fingerprint density at radius 3 is 2.43 bits per heavy atom. The van der Waals surface area contributed by atoms with Crippen molar-refractivity contribution in [1.29, 1.82) is 0 Å². The van der Waals surface area contributed by atoms with Gasteiger partial charge in [-0.25, -0.2) is 0 Å². The van der Waals surface area contributed by atoms with Crippen molar-refractivity contribution < 1.29 is 14.4 Å². The van der Waals surface area contributed by atoms with Crippen molar-refractivity contribution in [3.05, 3.63) is 0 Å². The molecule has 2 atom stereocenters. The van der Waals surface area contributed by atoms with Gasteiger partial charge in [0, 0.05) is 12.7 Å². The van der Waals surface area contributed by atoms with Gasteiger partial charge in [0.1, 0.15) is 10.9 Å². The van der Waals surface area contributed by atoms with Gasteiger partial charge in [-0.3, -0.25) is 14.4 Å². The molecule has 1 aliphatic rings. The number of thioether (sulfide) groups is 1. The lowest BCUT2D eigenvalue weighted by Crippen LogP contribution is -2.50. The van der Waals surface area contributed by atoms with E-state index in [0.717, 1.165) is 6.29 Å². The van der Waals surface area contributed by atoms with Gasteiger partial charge >= 0.3 is 0 Å². The second kappa shape index (κ2) is 3.73. The lowest BCUT2D eigenvalue weighted by molar-refractivity contribution is -0.141. The molecule has 1 amide bonds. The third kappa shape index (κ3) is 1.68. The normalized spacial score (nSPS) is 31.6. The average molecular weight is 215 g/mol. The number of amides is 1. The highest BCUT2D eigenvalue weighted by atomic mass is 32.2. The van der Waals surface area contributed by atoms with Gasteiger partial charge in [0.25, 0.3) is 0 Å². The van der Waals surface area contributed by atoms with Gasteiger partial charge in [-0.1, -0.05) is 0 Å². The van der Waals surface area contributed by atoms with Crippen LogP contribution in [0.4, 0.5) is 0 Å². The summed E-state index contributed by atoms with van der Waals surface area (Å²) in [5.74, 6) is 0.201. The number of rotatable bonds is 2. The van der Waals surface area contributed by atoms with E-state index < -0.39 is 10.9 Å². The molecule has 2 unspecified atom stereocenters. The summed E-state index contributed by atoms with van der Waals surface area (Å²) >= 11 is 1.33. The van der Waals surface area contributed by atoms with Gasteiger partial charge in [-0.05, 0) is 13.8 Å². The minimum Gasteiger partial charge on any atom is -0.311 e. The maximum absolute atomic E-state index is 11.3. The van der Waals surface area contributed by atoms with E-state index in [1.165, 1.54) is 30.5 Å². The Morgan fingerprint density at radius 1 is 1.50 bits per heavy atom.